The van der Waals surface area contributed by atoms with Gasteiger partial charge in [-0.25, -0.2) is 0 Å². The van der Waals surface area contributed by atoms with Crippen molar-refractivity contribution >= 4 is 0 Å². The Kier molecular flexibility index (Phi) is 3.98. The van der Waals surface area contributed by atoms with E-state index >= 15 is 0 Å². The highest BCUT2D eigenvalue weighted by molar-refractivity contribution is 4.82. The molecule has 1 aliphatic heterocycles. The fourth-order valence-electron chi connectivity index (χ4n) is 1.34. The van der Waals surface area contributed by atoms with E-state index < -0.39 is 0 Å². The second-order valence-electron chi connectivity index (χ2n) is 3.98. The standard InChI is InChI=1S/C9H20N2O/c1-9(7-12-8-9)6-11-5-3-2-4-10/h11H,2-8,10H2,1H3. The first-order valence-electron chi connectivity index (χ1n) is 4.75. The Morgan fingerprint density at radius 2 is 2.17 bits per heavy atom. The molecule has 12 heavy (non-hydrogen) atoms. The molecule has 1 fully saturated rings. The Labute approximate surface area is 74.7 Å². The summed E-state index contributed by atoms with van der Waals surface area (Å²) in [7, 11) is 0. The summed E-state index contributed by atoms with van der Waals surface area (Å²) in [5.41, 5.74) is 5.79. The molecule has 1 saturated heterocycles. The molecule has 0 aromatic rings. The topological polar surface area (TPSA) is 47.3 Å². The number of rotatable bonds is 6. The minimum atomic E-state index is 0.405. The fraction of sp³-hybridized carbons (Fsp3) is 1.00. The Morgan fingerprint density at radius 3 is 2.67 bits per heavy atom. The average Bonchev–Trinajstić information content (AvgIpc) is 2.01. The monoisotopic (exact) mass is 172 g/mol. The van der Waals surface area contributed by atoms with Crippen LogP contribution in [0.3, 0.4) is 0 Å². The summed E-state index contributed by atoms with van der Waals surface area (Å²) in [6, 6.07) is 0. The van der Waals surface area contributed by atoms with Crippen LogP contribution in [0.2, 0.25) is 0 Å². The number of nitrogens with one attached hydrogen (secondary N) is 1. The van der Waals surface area contributed by atoms with Crippen molar-refractivity contribution in [3.63, 3.8) is 0 Å². The second kappa shape index (κ2) is 4.80. The van der Waals surface area contributed by atoms with Gasteiger partial charge in [-0.1, -0.05) is 6.92 Å². The molecule has 0 amide bonds. The van der Waals surface area contributed by atoms with E-state index in [0.717, 1.165) is 39.3 Å². The van der Waals surface area contributed by atoms with E-state index in [1.165, 1.54) is 6.42 Å². The Morgan fingerprint density at radius 1 is 1.42 bits per heavy atom. The van der Waals surface area contributed by atoms with E-state index in [-0.39, 0.29) is 0 Å². The van der Waals surface area contributed by atoms with Gasteiger partial charge >= 0.3 is 0 Å². The second-order valence-corrected chi connectivity index (χ2v) is 3.98. The molecule has 72 valence electrons. The van der Waals surface area contributed by atoms with Gasteiger partial charge in [0.15, 0.2) is 0 Å². The number of unbranched alkanes of at least 4 members (excludes halogenated alkanes) is 1. The van der Waals surface area contributed by atoms with Crippen LogP contribution in [0.25, 0.3) is 0 Å². The summed E-state index contributed by atoms with van der Waals surface area (Å²) >= 11 is 0. The molecule has 0 bridgehead atoms. The van der Waals surface area contributed by atoms with Crippen molar-refractivity contribution in [2.24, 2.45) is 11.1 Å². The van der Waals surface area contributed by atoms with Gasteiger partial charge in [0.05, 0.1) is 13.2 Å². The zero-order chi connectivity index (χ0) is 8.86. The highest BCUT2D eigenvalue weighted by Crippen LogP contribution is 2.24. The van der Waals surface area contributed by atoms with Crippen molar-refractivity contribution in [1.29, 1.82) is 0 Å². The molecule has 0 aliphatic carbocycles. The maximum absolute atomic E-state index is 5.39. The first kappa shape index (κ1) is 9.96. The summed E-state index contributed by atoms with van der Waals surface area (Å²) in [5, 5.41) is 3.43. The van der Waals surface area contributed by atoms with E-state index in [0.29, 0.717) is 5.41 Å². The molecule has 3 N–H and O–H groups in total. The molecule has 1 heterocycles. The molecule has 0 unspecified atom stereocenters. The number of nitrogens with two attached hydrogens (primary N) is 1. The van der Waals surface area contributed by atoms with Crippen molar-refractivity contribution in [3.8, 4) is 0 Å². The minimum absolute atomic E-state index is 0.405. The van der Waals surface area contributed by atoms with E-state index in [4.69, 9.17) is 10.5 Å². The number of ether oxygens (including phenoxy) is 1. The first-order chi connectivity index (χ1) is 5.77. The minimum Gasteiger partial charge on any atom is -0.380 e. The predicted molar refractivity (Wildman–Crippen MR) is 50.1 cm³/mol. The third-order valence-electron chi connectivity index (χ3n) is 2.26. The molecule has 1 rings (SSSR count). The lowest BCUT2D eigenvalue weighted by Crippen LogP contribution is -2.47. The van der Waals surface area contributed by atoms with Crippen LogP contribution in [0.15, 0.2) is 0 Å². The summed E-state index contributed by atoms with van der Waals surface area (Å²) in [6.45, 7) is 7.06. The quantitative estimate of drug-likeness (QED) is 0.568. The normalized spacial score (nSPS) is 20.5. The van der Waals surface area contributed by atoms with Gasteiger partial charge in [-0.2, -0.15) is 0 Å². The van der Waals surface area contributed by atoms with Gasteiger partial charge in [0.25, 0.3) is 0 Å². The lowest BCUT2D eigenvalue weighted by Gasteiger charge is -2.38. The highest BCUT2D eigenvalue weighted by atomic mass is 16.5. The van der Waals surface area contributed by atoms with Gasteiger partial charge in [0.1, 0.15) is 0 Å². The van der Waals surface area contributed by atoms with Gasteiger partial charge in [-0.15, -0.1) is 0 Å². The van der Waals surface area contributed by atoms with Crippen LogP contribution in [0.5, 0.6) is 0 Å². The highest BCUT2D eigenvalue weighted by Gasteiger charge is 2.32. The Hall–Kier alpha value is -0.120. The fourth-order valence-corrected chi connectivity index (χ4v) is 1.34. The molecule has 0 spiro atoms. The molecule has 0 radical (unpaired) electrons. The molecule has 0 aromatic carbocycles. The Bertz CT molecular complexity index is 124. The summed E-state index contributed by atoms with van der Waals surface area (Å²) < 4.78 is 5.16. The van der Waals surface area contributed by atoms with Crippen LogP contribution in [0.1, 0.15) is 19.8 Å². The smallest absolute Gasteiger partial charge is 0.0554 e. The zero-order valence-electron chi connectivity index (χ0n) is 7.94. The molecule has 3 heteroatoms. The van der Waals surface area contributed by atoms with E-state index in [9.17, 15) is 0 Å². The van der Waals surface area contributed by atoms with Gasteiger partial charge in [-0.05, 0) is 25.9 Å². The molecular formula is C9H20N2O. The number of hydrogen-bond acceptors (Lipinski definition) is 3. The third-order valence-corrected chi connectivity index (χ3v) is 2.26. The van der Waals surface area contributed by atoms with Crippen molar-refractivity contribution in [2.45, 2.75) is 19.8 Å². The van der Waals surface area contributed by atoms with Crippen LogP contribution >= 0.6 is 0 Å². The summed E-state index contributed by atoms with van der Waals surface area (Å²) in [6.07, 6.45) is 2.31. The van der Waals surface area contributed by atoms with Crippen molar-refractivity contribution in [1.82, 2.24) is 5.32 Å². The summed E-state index contributed by atoms with van der Waals surface area (Å²) in [5.74, 6) is 0. The van der Waals surface area contributed by atoms with Gasteiger partial charge < -0.3 is 15.8 Å². The zero-order valence-corrected chi connectivity index (χ0v) is 7.94. The maximum Gasteiger partial charge on any atom is 0.0554 e. The van der Waals surface area contributed by atoms with Gasteiger partial charge in [-0.3, -0.25) is 0 Å². The number of hydrogen-bond donors (Lipinski definition) is 2. The van der Waals surface area contributed by atoms with Crippen molar-refractivity contribution in [3.05, 3.63) is 0 Å². The van der Waals surface area contributed by atoms with Crippen LogP contribution in [0.4, 0.5) is 0 Å². The molecule has 0 atom stereocenters. The van der Waals surface area contributed by atoms with Crippen LogP contribution < -0.4 is 11.1 Å². The molecule has 0 saturated carbocycles. The first-order valence-corrected chi connectivity index (χ1v) is 4.75. The third kappa shape index (κ3) is 3.09. The SMILES string of the molecule is CC1(CNCCCCN)COC1. The van der Waals surface area contributed by atoms with Crippen molar-refractivity contribution in [2.75, 3.05) is 32.8 Å². The van der Waals surface area contributed by atoms with Crippen LogP contribution in [0, 0.1) is 5.41 Å². The van der Waals surface area contributed by atoms with Gasteiger partial charge in [0, 0.05) is 12.0 Å². The van der Waals surface area contributed by atoms with E-state index in [2.05, 4.69) is 12.2 Å². The van der Waals surface area contributed by atoms with Crippen molar-refractivity contribution < 1.29 is 4.74 Å². The average molecular weight is 172 g/mol. The van der Waals surface area contributed by atoms with Gasteiger partial charge in [0.2, 0.25) is 0 Å². The van der Waals surface area contributed by atoms with Crippen LogP contribution in [-0.4, -0.2) is 32.8 Å². The molecule has 0 aromatic heterocycles. The Balaban J connectivity index is 1.88. The lowest BCUT2D eigenvalue weighted by molar-refractivity contribution is -0.0989. The molecular weight excluding hydrogens is 152 g/mol. The summed E-state index contributed by atoms with van der Waals surface area (Å²) in [4.78, 5) is 0. The maximum atomic E-state index is 5.39. The van der Waals surface area contributed by atoms with E-state index in [1.807, 2.05) is 0 Å². The lowest BCUT2D eigenvalue weighted by atomic mass is 9.89. The predicted octanol–water partition coefficient (Wildman–Crippen LogP) is 0.351. The van der Waals surface area contributed by atoms with Crippen LogP contribution in [-0.2, 0) is 4.74 Å². The largest absolute Gasteiger partial charge is 0.380 e. The molecule has 1 aliphatic rings. The van der Waals surface area contributed by atoms with E-state index in [1.54, 1.807) is 0 Å². The molecule has 3 nitrogen and oxygen atoms in total.